The Hall–Kier alpha value is -0.720. The molecular formula is C11H11BrN2OS2. The van der Waals surface area contributed by atoms with E-state index in [4.69, 9.17) is 0 Å². The van der Waals surface area contributed by atoms with Gasteiger partial charge in [0.05, 0.1) is 15.4 Å². The third-order valence-electron chi connectivity index (χ3n) is 2.19. The van der Waals surface area contributed by atoms with Crippen LogP contribution in [0.3, 0.4) is 0 Å². The van der Waals surface area contributed by atoms with Crippen molar-refractivity contribution in [1.29, 1.82) is 0 Å². The van der Waals surface area contributed by atoms with Crippen LogP contribution in [0.1, 0.15) is 33.2 Å². The predicted octanol–water partition coefficient (Wildman–Crippen LogP) is 3.77. The minimum Gasteiger partial charge on any atom is -0.343 e. The van der Waals surface area contributed by atoms with Crippen molar-refractivity contribution in [1.82, 2.24) is 10.3 Å². The Balaban J connectivity index is 2.04. The van der Waals surface area contributed by atoms with Crippen LogP contribution in [0.4, 0.5) is 0 Å². The van der Waals surface area contributed by atoms with E-state index in [2.05, 4.69) is 26.2 Å². The van der Waals surface area contributed by atoms with Crippen LogP contribution >= 0.6 is 38.6 Å². The van der Waals surface area contributed by atoms with Crippen molar-refractivity contribution < 1.29 is 4.79 Å². The minimum atomic E-state index is -0.0627. The van der Waals surface area contributed by atoms with Gasteiger partial charge in [-0.2, -0.15) is 0 Å². The molecule has 0 aliphatic carbocycles. The van der Waals surface area contributed by atoms with Gasteiger partial charge in [-0.3, -0.25) is 4.79 Å². The van der Waals surface area contributed by atoms with Gasteiger partial charge in [0, 0.05) is 16.5 Å². The lowest BCUT2D eigenvalue weighted by atomic mass is 10.3. The van der Waals surface area contributed by atoms with Crippen molar-refractivity contribution in [3.8, 4) is 0 Å². The van der Waals surface area contributed by atoms with Gasteiger partial charge in [0.15, 0.2) is 0 Å². The summed E-state index contributed by atoms with van der Waals surface area (Å²) in [5.41, 5.74) is 0.682. The molecule has 2 heterocycles. The highest BCUT2D eigenvalue weighted by Crippen LogP contribution is 2.22. The molecule has 90 valence electrons. The van der Waals surface area contributed by atoms with E-state index in [1.54, 1.807) is 11.3 Å². The van der Waals surface area contributed by atoms with Gasteiger partial charge < -0.3 is 5.32 Å². The first-order chi connectivity index (χ1) is 8.06. The fraction of sp³-hybridized carbons (Fsp3) is 0.273. The number of aromatic nitrogens is 1. The summed E-state index contributed by atoms with van der Waals surface area (Å²) in [5.74, 6) is -0.0627. The normalized spacial score (nSPS) is 12.4. The molecule has 2 aromatic heterocycles. The number of nitrogens with zero attached hydrogens (tertiary/aromatic N) is 1. The maximum atomic E-state index is 11.9. The third kappa shape index (κ3) is 3.14. The summed E-state index contributed by atoms with van der Waals surface area (Å²) in [6, 6.07) is 1.76. The summed E-state index contributed by atoms with van der Waals surface area (Å²) in [4.78, 5) is 17.3. The highest BCUT2D eigenvalue weighted by atomic mass is 79.9. The molecule has 0 radical (unpaired) electrons. The van der Waals surface area contributed by atoms with Crippen LogP contribution in [0.25, 0.3) is 0 Å². The highest BCUT2D eigenvalue weighted by Gasteiger charge is 2.14. The monoisotopic (exact) mass is 330 g/mol. The Kier molecular flexibility index (Phi) is 3.96. The molecule has 2 rings (SSSR count). The third-order valence-corrected chi connectivity index (χ3v) is 4.79. The average molecular weight is 331 g/mol. The van der Waals surface area contributed by atoms with Gasteiger partial charge in [0.1, 0.15) is 5.01 Å². The van der Waals surface area contributed by atoms with Gasteiger partial charge in [-0.1, -0.05) is 0 Å². The topological polar surface area (TPSA) is 42.0 Å². The van der Waals surface area contributed by atoms with E-state index < -0.39 is 0 Å². The molecule has 0 saturated heterocycles. The predicted molar refractivity (Wildman–Crippen MR) is 74.8 cm³/mol. The molecule has 1 N–H and O–H groups in total. The molecule has 1 amide bonds. The number of hydrogen-bond donors (Lipinski definition) is 1. The number of rotatable bonds is 3. The Morgan fingerprint density at radius 2 is 2.35 bits per heavy atom. The van der Waals surface area contributed by atoms with E-state index in [9.17, 15) is 4.79 Å². The van der Waals surface area contributed by atoms with E-state index in [0.717, 1.165) is 13.7 Å². The lowest BCUT2D eigenvalue weighted by Gasteiger charge is -2.09. The van der Waals surface area contributed by atoms with Gasteiger partial charge in [-0.15, -0.1) is 22.7 Å². The molecule has 0 aliphatic rings. The van der Waals surface area contributed by atoms with Crippen molar-refractivity contribution >= 4 is 44.5 Å². The Morgan fingerprint density at radius 3 is 2.88 bits per heavy atom. The fourth-order valence-electron chi connectivity index (χ4n) is 1.34. The van der Waals surface area contributed by atoms with Gasteiger partial charge in [-0.05, 0) is 35.8 Å². The molecule has 0 bridgehead atoms. The number of nitrogens with one attached hydrogen (secondary N) is 1. The zero-order valence-electron chi connectivity index (χ0n) is 9.36. The van der Waals surface area contributed by atoms with Crippen molar-refractivity contribution in [3.05, 3.63) is 36.9 Å². The molecule has 6 heteroatoms. The molecule has 17 heavy (non-hydrogen) atoms. The lowest BCUT2D eigenvalue weighted by Crippen LogP contribution is -2.26. The average Bonchev–Trinajstić information content (AvgIpc) is 2.87. The van der Waals surface area contributed by atoms with Gasteiger partial charge in [-0.25, -0.2) is 4.98 Å². The number of carbonyl (C=O) groups is 1. The summed E-state index contributed by atoms with van der Waals surface area (Å²) in [7, 11) is 0. The van der Waals surface area contributed by atoms with E-state index in [1.807, 2.05) is 31.5 Å². The first-order valence-corrected chi connectivity index (χ1v) is 7.52. The Bertz CT molecular complexity index is 535. The first kappa shape index (κ1) is 12.7. The minimum absolute atomic E-state index is 0.0557. The van der Waals surface area contributed by atoms with Crippen molar-refractivity contribution in [3.63, 3.8) is 0 Å². The second-order valence-electron chi connectivity index (χ2n) is 3.64. The number of thiazole rings is 1. The molecule has 1 atom stereocenters. The van der Waals surface area contributed by atoms with Crippen LogP contribution in [0.5, 0.6) is 0 Å². The highest BCUT2D eigenvalue weighted by molar-refractivity contribution is 9.11. The molecule has 0 aromatic carbocycles. The molecule has 0 spiro atoms. The van der Waals surface area contributed by atoms with E-state index in [-0.39, 0.29) is 11.9 Å². The van der Waals surface area contributed by atoms with E-state index in [1.165, 1.54) is 11.3 Å². The second kappa shape index (κ2) is 5.29. The quantitative estimate of drug-likeness (QED) is 0.930. The Morgan fingerprint density at radius 1 is 1.59 bits per heavy atom. The number of hydrogen-bond acceptors (Lipinski definition) is 4. The van der Waals surface area contributed by atoms with Gasteiger partial charge >= 0.3 is 0 Å². The van der Waals surface area contributed by atoms with Crippen molar-refractivity contribution in [2.45, 2.75) is 19.9 Å². The SMILES string of the molecule is Cc1cnc(C(C)NC(=O)c2csc(Br)c2)s1. The molecule has 0 saturated carbocycles. The Labute approximate surface area is 116 Å². The van der Waals surface area contributed by atoms with Crippen LogP contribution < -0.4 is 5.32 Å². The molecule has 3 nitrogen and oxygen atoms in total. The summed E-state index contributed by atoms with van der Waals surface area (Å²) >= 11 is 6.45. The first-order valence-electron chi connectivity index (χ1n) is 5.03. The lowest BCUT2D eigenvalue weighted by molar-refractivity contribution is 0.0940. The number of thiophene rings is 1. The van der Waals surface area contributed by atoms with Crippen LogP contribution in [0, 0.1) is 6.92 Å². The standard InChI is InChI=1S/C11H11BrN2OS2/c1-6-4-13-11(17-6)7(2)14-10(15)8-3-9(12)16-5-8/h3-5,7H,1-2H3,(H,14,15). The summed E-state index contributed by atoms with van der Waals surface area (Å²) in [6.45, 7) is 3.95. The zero-order valence-corrected chi connectivity index (χ0v) is 12.6. The number of amides is 1. The van der Waals surface area contributed by atoms with E-state index in [0.29, 0.717) is 5.56 Å². The zero-order chi connectivity index (χ0) is 12.4. The van der Waals surface area contributed by atoms with Crippen LogP contribution in [-0.4, -0.2) is 10.9 Å². The number of halogens is 1. The molecule has 1 unspecified atom stereocenters. The van der Waals surface area contributed by atoms with Gasteiger partial charge in [0.2, 0.25) is 0 Å². The van der Waals surface area contributed by atoms with Crippen LogP contribution in [-0.2, 0) is 0 Å². The number of aryl methyl sites for hydroxylation is 1. The smallest absolute Gasteiger partial charge is 0.252 e. The molecule has 2 aromatic rings. The summed E-state index contributed by atoms with van der Waals surface area (Å²) in [5, 5.41) is 5.70. The number of carbonyl (C=O) groups excluding carboxylic acids is 1. The maximum absolute atomic E-state index is 11.9. The fourth-order valence-corrected chi connectivity index (χ4v) is 3.26. The van der Waals surface area contributed by atoms with E-state index >= 15 is 0 Å². The maximum Gasteiger partial charge on any atom is 0.252 e. The molecule has 0 fully saturated rings. The molecular weight excluding hydrogens is 320 g/mol. The summed E-state index contributed by atoms with van der Waals surface area (Å²) < 4.78 is 0.959. The van der Waals surface area contributed by atoms with Crippen LogP contribution in [0.15, 0.2) is 21.4 Å². The summed E-state index contributed by atoms with van der Waals surface area (Å²) in [6.07, 6.45) is 1.82. The second-order valence-corrected chi connectivity index (χ2v) is 7.20. The molecule has 0 aliphatic heterocycles. The van der Waals surface area contributed by atoms with Crippen molar-refractivity contribution in [2.24, 2.45) is 0 Å². The van der Waals surface area contributed by atoms with Gasteiger partial charge in [0.25, 0.3) is 5.91 Å². The van der Waals surface area contributed by atoms with Crippen molar-refractivity contribution in [2.75, 3.05) is 0 Å². The van der Waals surface area contributed by atoms with Crippen LogP contribution in [0.2, 0.25) is 0 Å². The largest absolute Gasteiger partial charge is 0.343 e.